The third-order valence-electron chi connectivity index (χ3n) is 4.10. The number of hydrogen-bond donors (Lipinski definition) is 1. The van der Waals surface area contributed by atoms with Crippen LogP contribution in [0, 0.1) is 5.92 Å². The van der Waals surface area contributed by atoms with E-state index in [0.717, 1.165) is 31.3 Å². The minimum Gasteiger partial charge on any atom is -0.468 e. The Morgan fingerprint density at radius 3 is 2.50 bits per heavy atom. The third kappa shape index (κ3) is 6.23. The monoisotopic (exact) mass is 284 g/mol. The van der Waals surface area contributed by atoms with E-state index in [0.29, 0.717) is 6.42 Å². The van der Waals surface area contributed by atoms with Crippen molar-refractivity contribution in [3.05, 3.63) is 0 Å². The van der Waals surface area contributed by atoms with Crippen LogP contribution in [0.4, 0.5) is 0 Å². The van der Waals surface area contributed by atoms with Gasteiger partial charge in [-0.05, 0) is 64.5 Å². The number of esters is 1. The SMILES string of the molecule is COC(=O)C(C)(N)CCCCN(CCC(C)C)C1CC1. The van der Waals surface area contributed by atoms with Gasteiger partial charge in [0.2, 0.25) is 0 Å². The van der Waals surface area contributed by atoms with Crippen LogP contribution in [0.3, 0.4) is 0 Å². The van der Waals surface area contributed by atoms with Gasteiger partial charge in [-0.25, -0.2) is 0 Å². The Kier molecular flexibility index (Phi) is 6.96. The highest BCUT2D eigenvalue weighted by Crippen LogP contribution is 2.28. The van der Waals surface area contributed by atoms with Crippen LogP contribution in [0.2, 0.25) is 0 Å². The van der Waals surface area contributed by atoms with E-state index in [4.69, 9.17) is 10.5 Å². The summed E-state index contributed by atoms with van der Waals surface area (Å²) in [7, 11) is 1.40. The number of methoxy groups -OCH3 is 1. The Morgan fingerprint density at radius 1 is 1.35 bits per heavy atom. The quantitative estimate of drug-likeness (QED) is 0.495. The fourth-order valence-electron chi connectivity index (χ4n) is 2.48. The van der Waals surface area contributed by atoms with Crippen LogP contribution in [-0.2, 0) is 9.53 Å². The highest BCUT2D eigenvalue weighted by atomic mass is 16.5. The predicted molar refractivity (Wildman–Crippen MR) is 82.5 cm³/mol. The van der Waals surface area contributed by atoms with E-state index in [9.17, 15) is 4.79 Å². The van der Waals surface area contributed by atoms with Crippen molar-refractivity contribution in [3.63, 3.8) is 0 Å². The second-order valence-corrected chi connectivity index (χ2v) is 6.82. The zero-order valence-electron chi connectivity index (χ0n) is 13.7. The molecule has 1 aliphatic rings. The minimum absolute atomic E-state index is 0.309. The number of rotatable bonds is 10. The van der Waals surface area contributed by atoms with Gasteiger partial charge in [0.1, 0.15) is 5.54 Å². The zero-order valence-corrected chi connectivity index (χ0v) is 13.7. The first kappa shape index (κ1) is 17.4. The van der Waals surface area contributed by atoms with Gasteiger partial charge in [-0.3, -0.25) is 4.79 Å². The summed E-state index contributed by atoms with van der Waals surface area (Å²) < 4.78 is 4.73. The van der Waals surface area contributed by atoms with E-state index < -0.39 is 5.54 Å². The first-order valence-corrected chi connectivity index (χ1v) is 7.98. The maximum absolute atomic E-state index is 11.5. The Hall–Kier alpha value is -0.610. The first-order chi connectivity index (χ1) is 9.36. The molecule has 1 aliphatic carbocycles. The van der Waals surface area contributed by atoms with Crippen LogP contribution >= 0.6 is 0 Å². The van der Waals surface area contributed by atoms with Gasteiger partial charge in [-0.15, -0.1) is 0 Å². The molecule has 0 radical (unpaired) electrons. The molecule has 0 amide bonds. The van der Waals surface area contributed by atoms with Gasteiger partial charge < -0.3 is 15.4 Å². The molecular formula is C16H32N2O2. The van der Waals surface area contributed by atoms with E-state index in [1.54, 1.807) is 6.92 Å². The molecule has 4 heteroatoms. The lowest BCUT2D eigenvalue weighted by Crippen LogP contribution is -2.45. The summed E-state index contributed by atoms with van der Waals surface area (Å²) in [6.45, 7) is 8.66. The molecule has 1 atom stereocenters. The Bertz CT molecular complexity index is 299. The van der Waals surface area contributed by atoms with Gasteiger partial charge >= 0.3 is 5.97 Å². The van der Waals surface area contributed by atoms with Crippen molar-refractivity contribution in [1.29, 1.82) is 0 Å². The van der Waals surface area contributed by atoms with Crippen LogP contribution in [0.5, 0.6) is 0 Å². The lowest BCUT2D eigenvalue weighted by Gasteiger charge is -2.24. The van der Waals surface area contributed by atoms with Crippen LogP contribution in [0.1, 0.15) is 59.3 Å². The number of hydrogen-bond acceptors (Lipinski definition) is 4. The number of nitrogens with zero attached hydrogens (tertiary/aromatic N) is 1. The fourth-order valence-corrected chi connectivity index (χ4v) is 2.48. The molecule has 1 rings (SSSR count). The van der Waals surface area contributed by atoms with Gasteiger partial charge in [-0.2, -0.15) is 0 Å². The second kappa shape index (κ2) is 7.99. The van der Waals surface area contributed by atoms with E-state index >= 15 is 0 Å². The summed E-state index contributed by atoms with van der Waals surface area (Å²) in [5, 5.41) is 0. The highest BCUT2D eigenvalue weighted by Gasteiger charge is 2.30. The Labute approximate surface area is 124 Å². The molecule has 0 aromatic carbocycles. The Morgan fingerprint density at radius 2 is 2.00 bits per heavy atom. The van der Waals surface area contributed by atoms with Crippen molar-refractivity contribution in [1.82, 2.24) is 4.90 Å². The molecular weight excluding hydrogens is 252 g/mol. The van der Waals surface area contributed by atoms with Crippen LogP contribution < -0.4 is 5.73 Å². The molecule has 2 N–H and O–H groups in total. The van der Waals surface area contributed by atoms with Crippen LogP contribution in [-0.4, -0.2) is 42.6 Å². The molecule has 0 saturated heterocycles. The van der Waals surface area contributed by atoms with Crippen molar-refractivity contribution < 1.29 is 9.53 Å². The first-order valence-electron chi connectivity index (χ1n) is 7.98. The fraction of sp³-hybridized carbons (Fsp3) is 0.938. The average molecular weight is 284 g/mol. The molecule has 4 nitrogen and oxygen atoms in total. The van der Waals surface area contributed by atoms with Crippen molar-refractivity contribution >= 4 is 5.97 Å². The molecule has 0 aromatic heterocycles. The molecule has 20 heavy (non-hydrogen) atoms. The summed E-state index contributed by atoms with van der Waals surface area (Å²) in [6.07, 6.45) is 6.77. The molecule has 1 unspecified atom stereocenters. The number of unbranched alkanes of at least 4 members (excludes halogenated alkanes) is 1. The van der Waals surface area contributed by atoms with Gasteiger partial charge in [0.25, 0.3) is 0 Å². The smallest absolute Gasteiger partial charge is 0.325 e. The third-order valence-corrected chi connectivity index (χ3v) is 4.10. The van der Waals surface area contributed by atoms with Crippen molar-refractivity contribution in [2.75, 3.05) is 20.2 Å². The van der Waals surface area contributed by atoms with E-state index in [1.165, 1.54) is 32.9 Å². The Balaban J connectivity index is 2.22. The van der Waals surface area contributed by atoms with Gasteiger partial charge in [0, 0.05) is 6.04 Å². The normalized spacial score (nSPS) is 18.4. The van der Waals surface area contributed by atoms with Crippen LogP contribution in [0.25, 0.3) is 0 Å². The second-order valence-electron chi connectivity index (χ2n) is 6.82. The molecule has 1 fully saturated rings. The van der Waals surface area contributed by atoms with Gasteiger partial charge in [-0.1, -0.05) is 13.8 Å². The van der Waals surface area contributed by atoms with E-state index in [1.807, 2.05) is 0 Å². The number of ether oxygens (including phenoxy) is 1. The largest absolute Gasteiger partial charge is 0.468 e. The predicted octanol–water partition coefficient (Wildman–Crippen LogP) is 2.56. The summed E-state index contributed by atoms with van der Waals surface area (Å²) in [4.78, 5) is 14.1. The van der Waals surface area contributed by atoms with E-state index in [2.05, 4.69) is 18.7 Å². The van der Waals surface area contributed by atoms with Gasteiger partial charge in [0.05, 0.1) is 7.11 Å². The summed E-state index contributed by atoms with van der Waals surface area (Å²) in [5.74, 6) is 0.458. The lowest BCUT2D eigenvalue weighted by atomic mass is 9.96. The van der Waals surface area contributed by atoms with Crippen molar-refractivity contribution in [2.45, 2.75) is 70.9 Å². The van der Waals surface area contributed by atoms with Crippen LogP contribution in [0.15, 0.2) is 0 Å². The lowest BCUT2D eigenvalue weighted by molar-refractivity contribution is -0.146. The molecule has 0 aliphatic heterocycles. The average Bonchev–Trinajstić information content (AvgIpc) is 3.20. The molecule has 0 bridgehead atoms. The van der Waals surface area contributed by atoms with Crippen molar-refractivity contribution in [2.24, 2.45) is 11.7 Å². The summed E-state index contributed by atoms with van der Waals surface area (Å²) in [5.41, 5.74) is 5.13. The molecule has 118 valence electrons. The maximum atomic E-state index is 11.5. The summed E-state index contributed by atoms with van der Waals surface area (Å²) in [6, 6.07) is 0.818. The maximum Gasteiger partial charge on any atom is 0.325 e. The highest BCUT2D eigenvalue weighted by molar-refractivity contribution is 5.79. The molecule has 0 spiro atoms. The van der Waals surface area contributed by atoms with E-state index in [-0.39, 0.29) is 5.97 Å². The topological polar surface area (TPSA) is 55.6 Å². The van der Waals surface area contributed by atoms with Crippen molar-refractivity contribution in [3.8, 4) is 0 Å². The minimum atomic E-state index is -0.836. The standard InChI is InChI=1S/C16H32N2O2/c1-13(2)9-12-18(14-7-8-14)11-6-5-10-16(3,17)15(19)20-4/h13-14H,5-12,17H2,1-4H3. The molecule has 0 heterocycles. The number of carbonyl (C=O) groups is 1. The zero-order chi connectivity index (χ0) is 15.2. The molecule has 1 saturated carbocycles. The van der Waals surface area contributed by atoms with Gasteiger partial charge in [0.15, 0.2) is 0 Å². The molecule has 0 aromatic rings. The number of nitrogens with two attached hydrogens (primary N) is 1. The number of carbonyl (C=O) groups excluding carboxylic acids is 1. The summed E-state index contributed by atoms with van der Waals surface area (Å²) >= 11 is 0.